The molecule has 0 aromatic carbocycles. The number of sulfone groups is 1. The molecule has 3 rings (SSSR count). The Kier molecular flexibility index (Phi) is 3.69. The highest BCUT2D eigenvalue weighted by atomic mass is 32.2. The molecule has 0 radical (unpaired) electrons. The third-order valence-corrected chi connectivity index (χ3v) is 5.79. The first-order valence-corrected chi connectivity index (χ1v) is 9.13. The van der Waals surface area contributed by atoms with Gasteiger partial charge in [0.2, 0.25) is 5.88 Å². The Bertz CT molecular complexity index is 628. The largest absolute Gasteiger partial charge is 0.476 e. The van der Waals surface area contributed by atoms with Gasteiger partial charge in [0.15, 0.2) is 9.84 Å². The number of nitrogen functional groups attached to an aromatic ring is 1. The van der Waals surface area contributed by atoms with Crippen LogP contribution in [0.15, 0.2) is 12.1 Å². The molecule has 0 bridgehead atoms. The highest BCUT2D eigenvalue weighted by Gasteiger charge is 2.29. The predicted octanol–water partition coefficient (Wildman–Crippen LogP) is 1.08. The van der Waals surface area contributed by atoms with E-state index in [2.05, 4.69) is 4.98 Å². The summed E-state index contributed by atoms with van der Waals surface area (Å²) in [6, 6.07) is 3.52. The molecule has 1 aromatic rings. The second-order valence-corrected chi connectivity index (χ2v) is 8.20. The van der Waals surface area contributed by atoms with Crippen molar-refractivity contribution in [3.05, 3.63) is 12.1 Å². The lowest BCUT2D eigenvalue weighted by Gasteiger charge is -2.34. The van der Waals surface area contributed by atoms with Crippen LogP contribution in [0.5, 0.6) is 5.88 Å². The summed E-state index contributed by atoms with van der Waals surface area (Å²) in [6.45, 7) is 3.02. The molecule has 1 aliphatic heterocycles. The van der Waals surface area contributed by atoms with Gasteiger partial charge in [0, 0.05) is 12.6 Å². The van der Waals surface area contributed by atoms with Gasteiger partial charge in [-0.05, 0) is 37.8 Å². The summed E-state index contributed by atoms with van der Waals surface area (Å²) < 4.78 is 29.0. The van der Waals surface area contributed by atoms with E-state index in [-0.39, 0.29) is 17.5 Å². The lowest BCUT2D eigenvalue weighted by Crippen LogP contribution is -2.47. The van der Waals surface area contributed by atoms with Gasteiger partial charge in [0.05, 0.1) is 23.8 Å². The van der Waals surface area contributed by atoms with Gasteiger partial charge in [-0.1, -0.05) is 0 Å². The number of nitrogens with zero attached hydrogens (tertiary/aromatic N) is 2. The Labute approximate surface area is 125 Å². The molecule has 1 saturated heterocycles. The molecule has 7 heteroatoms. The normalized spacial score (nSPS) is 24.8. The summed E-state index contributed by atoms with van der Waals surface area (Å²) in [5.74, 6) is 2.16. The fourth-order valence-corrected chi connectivity index (χ4v) is 4.09. The molecule has 1 saturated carbocycles. The molecule has 6 nitrogen and oxygen atoms in total. The summed E-state index contributed by atoms with van der Waals surface area (Å²) in [4.78, 5) is 6.48. The van der Waals surface area contributed by atoms with Crippen LogP contribution in [0, 0.1) is 5.92 Å². The van der Waals surface area contributed by atoms with Crippen molar-refractivity contribution in [2.75, 3.05) is 35.3 Å². The number of hydrogen-bond donors (Lipinski definition) is 1. The van der Waals surface area contributed by atoms with Gasteiger partial charge in [-0.3, -0.25) is 0 Å². The highest BCUT2D eigenvalue weighted by Crippen LogP contribution is 2.31. The van der Waals surface area contributed by atoms with Crippen LogP contribution in [0.3, 0.4) is 0 Å². The van der Waals surface area contributed by atoms with Crippen molar-refractivity contribution in [3.8, 4) is 5.88 Å². The fraction of sp³-hybridized carbons (Fsp3) is 0.643. The van der Waals surface area contributed by atoms with E-state index in [0.29, 0.717) is 30.6 Å². The second-order valence-electron chi connectivity index (χ2n) is 5.97. The molecule has 116 valence electrons. The van der Waals surface area contributed by atoms with Crippen molar-refractivity contribution in [1.29, 1.82) is 0 Å². The summed E-state index contributed by atoms with van der Waals surface area (Å²) >= 11 is 0. The fourth-order valence-electron chi connectivity index (χ4n) is 2.54. The molecule has 1 aromatic heterocycles. The summed E-state index contributed by atoms with van der Waals surface area (Å²) in [6.07, 6.45) is 2.42. The third kappa shape index (κ3) is 3.40. The molecule has 1 atom stereocenters. The number of nitrogens with two attached hydrogens (primary N) is 1. The Hall–Kier alpha value is -1.50. The zero-order valence-corrected chi connectivity index (χ0v) is 13.0. The van der Waals surface area contributed by atoms with E-state index >= 15 is 0 Å². The quantitative estimate of drug-likeness (QED) is 0.895. The predicted molar refractivity (Wildman–Crippen MR) is 82.3 cm³/mol. The van der Waals surface area contributed by atoms with Crippen LogP contribution in [-0.4, -0.2) is 44.1 Å². The molecule has 0 spiro atoms. The number of anilines is 2. The minimum atomic E-state index is -2.93. The SMILES string of the molecule is CC1CS(=O)(=O)CCN1c1ccc(N)c(OCC2CC2)n1. The maximum Gasteiger partial charge on any atom is 0.239 e. The molecule has 2 heterocycles. The average Bonchev–Trinajstić information content (AvgIpc) is 3.21. The van der Waals surface area contributed by atoms with E-state index in [1.807, 2.05) is 17.9 Å². The zero-order chi connectivity index (χ0) is 15.0. The van der Waals surface area contributed by atoms with Crippen LogP contribution in [0.25, 0.3) is 0 Å². The molecule has 0 amide bonds. The number of hydrogen-bond acceptors (Lipinski definition) is 6. The third-order valence-electron chi connectivity index (χ3n) is 3.99. The number of aromatic nitrogens is 1. The van der Waals surface area contributed by atoms with Crippen LogP contribution in [0.1, 0.15) is 19.8 Å². The standard InChI is InChI=1S/C14H21N3O3S/c1-10-9-21(18,19)7-6-17(10)13-5-4-12(15)14(16-13)20-8-11-2-3-11/h4-5,10-11H,2-3,6-9,15H2,1H3. The van der Waals surface area contributed by atoms with E-state index < -0.39 is 9.84 Å². The van der Waals surface area contributed by atoms with Gasteiger partial charge < -0.3 is 15.4 Å². The van der Waals surface area contributed by atoms with Gasteiger partial charge >= 0.3 is 0 Å². The monoisotopic (exact) mass is 311 g/mol. The van der Waals surface area contributed by atoms with Crippen molar-refractivity contribution in [1.82, 2.24) is 4.98 Å². The topological polar surface area (TPSA) is 85.5 Å². The van der Waals surface area contributed by atoms with Gasteiger partial charge in [-0.15, -0.1) is 0 Å². The van der Waals surface area contributed by atoms with Gasteiger partial charge in [0.1, 0.15) is 5.82 Å². The Morgan fingerprint density at radius 1 is 1.43 bits per heavy atom. The first kappa shape index (κ1) is 14.4. The minimum Gasteiger partial charge on any atom is -0.476 e. The van der Waals surface area contributed by atoms with Crippen LogP contribution in [-0.2, 0) is 9.84 Å². The maximum atomic E-state index is 11.7. The van der Waals surface area contributed by atoms with Gasteiger partial charge in [-0.25, -0.2) is 8.42 Å². The van der Waals surface area contributed by atoms with E-state index in [0.717, 1.165) is 5.82 Å². The van der Waals surface area contributed by atoms with E-state index in [4.69, 9.17) is 10.5 Å². The van der Waals surface area contributed by atoms with E-state index in [1.165, 1.54) is 12.8 Å². The minimum absolute atomic E-state index is 0.0869. The Morgan fingerprint density at radius 3 is 2.86 bits per heavy atom. The molecule has 1 unspecified atom stereocenters. The van der Waals surface area contributed by atoms with Gasteiger partial charge in [-0.2, -0.15) is 4.98 Å². The lowest BCUT2D eigenvalue weighted by atomic mass is 10.3. The van der Waals surface area contributed by atoms with Crippen molar-refractivity contribution in [3.63, 3.8) is 0 Å². The number of pyridine rings is 1. The maximum absolute atomic E-state index is 11.7. The highest BCUT2D eigenvalue weighted by molar-refractivity contribution is 7.91. The molecule has 2 fully saturated rings. The van der Waals surface area contributed by atoms with Crippen molar-refractivity contribution in [2.45, 2.75) is 25.8 Å². The van der Waals surface area contributed by atoms with Gasteiger partial charge in [0.25, 0.3) is 0 Å². The van der Waals surface area contributed by atoms with Crippen LogP contribution in [0.2, 0.25) is 0 Å². The average molecular weight is 311 g/mol. The first-order chi connectivity index (χ1) is 9.94. The summed E-state index contributed by atoms with van der Waals surface area (Å²) in [5.41, 5.74) is 6.43. The lowest BCUT2D eigenvalue weighted by molar-refractivity contribution is 0.290. The molecule has 2 N–H and O–H groups in total. The smallest absolute Gasteiger partial charge is 0.239 e. The Balaban J connectivity index is 1.76. The number of rotatable bonds is 4. The van der Waals surface area contributed by atoms with Crippen molar-refractivity contribution < 1.29 is 13.2 Å². The van der Waals surface area contributed by atoms with E-state index in [1.54, 1.807) is 6.07 Å². The first-order valence-electron chi connectivity index (χ1n) is 7.31. The summed E-state index contributed by atoms with van der Waals surface area (Å²) in [5, 5.41) is 0. The molecular weight excluding hydrogens is 290 g/mol. The van der Waals surface area contributed by atoms with Crippen LogP contribution < -0.4 is 15.4 Å². The van der Waals surface area contributed by atoms with Crippen molar-refractivity contribution in [2.24, 2.45) is 5.92 Å². The van der Waals surface area contributed by atoms with Crippen LogP contribution >= 0.6 is 0 Å². The molecule has 2 aliphatic rings. The van der Waals surface area contributed by atoms with Crippen LogP contribution in [0.4, 0.5) is 11.5 Å². The second kappa shape index (κ2) is 5.36. The molecule has 1 aliphatic carbocycles. The summed E-state index contributed by atoms with van der Waals surface area (Å²) in [7, 11) is -2.93. The number of ether oxygens (including phenoxy) is 1. The molecule has 21 heavy (non-hydrogen) atoms. The van der Waals surface area contributed by atoms with Crippen molar-refractivity contribution >= 4 is 21.3 Å². The van der Waals surface area contributed by atoms with E-state index in [9.17, 15) is 8.42 Å². The molecular formula is C14H21N3O3S. The zero-order valence-electron chi connectivity index (χ0n) is 12.2. The Morgan fingerprint density at radius 2 is 2.19 bits per heavy atom.